The molecule has 0 saturated carbocycles. The number of aryl methyl sites for hydroxylation is 1. The van der Waals surface area contributed by atoms with Crippen LogP contribution in [0, 0.1) is 6.92 Å². The number of halogens is 3. The Balaban J connectivity index is 0. The molecule has 1 N–H and O–H groups in total. The molecule has 0 radical (unpaired) electrons. The number of hydrogen-bond acceptors (Lipinski definition) is 5. The molecule has 0 amide bonds. The van der Waals surface area contributed by atoms with Crippen LogP contribution < -0.4 is 0 Å². The van der Waals surface area contributed by atoms with Gasteiger partial charge in [-0.1, -0.05) is 81.3 Å². The first-order chi connectivity index (χ1) is 12.0. The van der Waals surface area contributed by atoms with Crippen molar-refractivity contribution < 1.29 is 5.11 Å². The minimum Gasteiger partial charge on any atom is -0.396 e. The molecule has 0 atom stereocenters. The van der Waals surface area contributed by atoms with Gasteiger partial charge < -0.3 is 5.11 Å². The first-order valence-corrected chi connectivity index (χ1v) is 9.34. The van der Waals surface area contributed by atoms with Crippen LogP contribution in [0.5, 0.6) is 0 Å². The molecule has 0 aromatic carbocycles. The molecule has 2 heterocycles. The summed E-state index contributed by atoms with van der Waals surface area (Å²) in [4.78, 5) is 0. The van der Waals surface area contributed by atoms with Gasteiger partial charge in [0.05, 0.1) is 5.69 Å². The van der Waals surface area contributed by atoms with Gasteiger partial charge in [0.2, 0.25) is 0 Å². The molecule has 0 fully saturated rings. The summed E-state index contributed by atoms with van der Waals surface area (Å²) in [5.74, 6) is 0. The Morgan fingerprint density at radius 1 is 0.731 bits per heavy atom. The van der Waals surface area contributed by atoms with Gasteiger partial charge in [0, 0.05) is 6.61 Å². The number of aromatic nitrogens is 4. The van der Waals surface area contributed by atoms with Crippen molar-refractivity contribution in [1.82, 2.24) is 20.4 Å². The number of aliphatic hydroxyl groups excluding tert-OH is 1. The van der Waals surface area contributed by atoms with Gasteiger partial charge in [-0.2, -0.15) is 5.10 Å². The van der Waals surface area contributed by atoms with E-state index in [1.54, 1.807) is 18.2 Å². The van der Waals surface area contributed by atoms with E-state index in [0.29, 0.717) is 22.1 Å². The second kappa shape index (κ2) is 18.8. The molecule has 0 aliphatic rings. The zero-order valence-corrected chi connectivity index (χ0v) is 16.9. The SMILES string of the molecule is C.CCCCCCCCO.Cc1ccc(Cl)nn1.Clc1ccc(Cl)nn1. The first-order valence-electron chi connectivity index (χ1n) is 8.21. The molecule has 5 nitrogen and oxygen atoms in total. The second-order valence-corrected chi connectivity index (χ2v) is 6.33. The molecule has 148 valence electrons. The molecule has 0 saturated heterocycles. The minimum absolute atomic E-state index is 0. The fourth-order valence-electron chi connectivity index (χ4n) is 1.57. The van der Waals surface area contributed by atoms with Crippen LogP contribution in [-0.4, -0.2) is 32.1 Å². The van der Waals surface area contributed by atoms with Crippen LogP contribution in [0.1, 0.15) is 58.6 Å². The Kier molecular flexibility index (Phi) is 19.6. The molecule has 2 rings (SSSR count). The van der Waals surface area contributed by atoms with Crippen LogP contribution >= 0.6 is 34.8 Å². The standard InChI is InChI=1S/C8H18O.C5H5ClN2.C4H2Cl2N2.CH4/c1-2-3-4-5-6-7-8-9;1-4-2-3-5(6)8-7-4;5-3-1-2-4(6)8-7-3;/h9H,2-8H2,1H3;2-3H,1H3;1-2H;1H4. The van der Waals surface area contributed by atoms with Gasteiger partial charge in [-0.05, 0) is 37.6 Å². The molecule has 2 aromatic heterocycles. The molecule has 0 unspecified atom stereocenters. The van der Waals surface area contributed by atoms with Crippen molar-refractivity contribution >= 4 is 34.8 Å². The van der Waals surface area contributed by atoms with Crippen molar-refractivity contribution in [2.45, 2.75) is 59.8 Å². The number of nitrogens with zero attached hydrogens (tertiary/aromatic N) is 4. The largest absolute Gasteiger partial charge is 0.396 e. The van der Waals surface area contributed by atoms with Crippen LogP contribution in [0.2, 0.25) is 15.5 Å². The first kappa shape index (κ1) is 27.2. The van der Waals surface area contributed by atoms with Crippen molar-refractivity contribution in [3.05, 3.63) is 45.4 Å². The van der Waals surface area contributed by atoms with Crippen molar-refractivity contribution in [1.29, 1.82) is 0 Å². The Bertz CT molecular complexity index is 448. The molecule has 2 aromatic rings. The summed E-state index contributed by atoms with van der Waals surface area (Å²) >= 11 is 16.2. The number of unbranched alkanes of at least 4 members (excludes halogenated alkanes) is 5. The van der Waals surface area contributed by atoms with E-state index >= 15 is 0 Å². The van der Waals surface area contributed by atoms with Crippen molar-refractivity contribution in [2.24, 2.45) is 0 Å². The minimum atomic E-state index is 0. The Hall–Kier alpha value is -1.01. The zero-order valence-electron chi connectivity index (χ0n) is 14.6. The highest BCUT2D eigenvalue weighted by atomic mass is 35.5. The average Bonchev–Trinajstić information content (AvgIpc) is 2.61. The van der Waals surface area contributed by atoms with Gasteiger partial charge in [0.1, 0.15) is 0 Å². The topological polar surface area (TPSA) is 71.8 Å². The quantitative estimate of drug-likeness (QED) is 0.560. The molecular formula is C18H29Cl3N4O. The van der Waals surface area contributed by atoms with Gasteiger partial charge in [0.25, 0.3) is 0 Å². The van der Waals surface area contributed by atoms with Crippen molar-refractivity contribution in [3.8, 4) is 0 Å². The fraction of sp³-hybridized carbons (Fsp3) is 0.556. The van der Waals surface area contributed by atoms with E-state index in [0.717, 1.165) is 12.1 Å². The molecule has 0 aliphatic heterocycles. The van der Waals surface area contributed by atoms with E-state index < -0.39 is 0 Å². The molecule has 0 spiro atoms. The van der Waals surface area contributed by atoms with E-state index in [9.17, 15) is 0 Å². The number of rotatable bonds is 6. The van der Waals surface area contributed by atoms with Crippen LogP contribution in [0.25, 0.3) is 0 Å². The maximum atomic E-state index is 8.42. The predicted molar refractivity (Wildman–Crippen MR) is 111 cm³/mol. The lowest BCUT2D eigenvalue weighted by molar-refractivity contribution is 0.282. The number of aliphatic hydroxyl groups is 1. The third-order valence-electron chi connectivity index (χ3n) is 2.88. The third-order valence-corrected chi connectivity index (χ3v) is 3.48. The summed E-state index contributed by atoms with van der Waals surface area (Å²) in [6, 6.07) is 6.69. The average molecular weight is 424 g/mol. The van der Waals surface area contributed by atoms with Gasteiger partial charge in [0.15, 0.2) is 15.5 Å². The van der Waals surface area contributed by atoms with Gasteiger partial charge in [-0.3, -0.25) is 0 Å². The van der Waals surface area contributed by atoms with E-state index in [-0.39, 0.29) is 7.43 Å². The van der Waals surface area contributed by atoms with Crippen LogP contribution in [-0.2, 0) is 0 Å². The smallest absolute Gasteiger partial charge is 0.151 e. The maximum Gasteiger partial charge on any atom is 0.151 e. The third kappa shape index (κ3) is 17.8. The Labute approximate surface area is 172 Å². The Morgan fingerprint density at radius 3 is 1.50 bits per heavy atom. The van der Waals surface area contributed by atoms with Crippen LogP contribution in [0.15, 0.2) is 24.3 Å². The van der Waals surface area contributed by atoms with E-state index in [4.69, 9.17) is 39.9 Å². The van der Waals surface area contributed by atoms with E-state index in [1.807, 2.05) is 13.0 Å². The Morgan fingerprint density at radius 2 is 1.15 bits per heavy atom. The lowest BCUT2D eigenvalue weighted by Crippen LogP contribution is -1.83. The van der Waals surface area contributed by atoms with Crippen LogP contribution in [0.4, 0.5) is 0 Å². The van der Waals surface area contributed by atoms with Gasteiger partial charge in [-0.25, -0.2) is 0 Å². The van der Waals surface area contributed by atoms with Crippen molar-refractivity contribution in [2.75, 3.05) is 6.61 Å². The normalized spacial score (nSPS) is 9.15. The summed E-state index contributed by atoms with van der Waals surface area (Å²) in [6.45, 7) is 4.45. The van der Waals surface area contributed by atoms with Crippen molar-refractivity contribution in [3.63, 3.8) is 0 Å². The van der Waals surface area contributed by atoms with Gasteiger partial charge >= 0.3 is 0 Å². The summed E-state index contributed by atoms with van der Waals surface area (Å²) in [6.07, 6.45) is 7.50. The lowest BCUT2D eigenvalue weighted by Gasteiger charge is -1.95. The molecule has 8 heteroatoms. The highest BCUT2D eigenvalue weighted by molar-refractivity contribution is 6.31. The van der Waals surface area contributed by atoms with Gasteiger partial charge in [-0.15, -0.1) is 15.3 Å². The number of hydrogen-bond donors (Lipinski definition) is 1. The summed E-state index contributed by atoms with van der Waals surface area (Å²) in [7, 11) is 0. The lowest BCUT2D eigenvalue weighted by atomic mass is 10.1. The van der Waals surface area contributed by atoms with E-state index in [2.05, 4.69) is 27.3 Å². The predicted octanol–water partition coefficient (Wildman–Crippen LogP) is 6.20. The summed E-state index contributed by atoms with van der Waals surface area (Å²) in [5, 5.41) is 23.8. The maximum absolute atomic E-state index is 8.42. The summed E-state index contributed by atoms with van der Waals surface area (Å²) in [5.41, 5.74) is 0.884. The molecule has 0 aliphatic carbocycles. The highest BCUT2D eigenvalue weighted by Gasteiger charge is 1.87. The second-order valence-electron chi connectivity index (χ2n) is 5.17. The molecular weight excluding hydrogens is 395 g/mol. The fourth-order valence-corrected chi connectivity index (χ4v) is 1.88. The monoisotopic (exact) mass is 422 g/mol. The van der Waals surface area contributed by atoms with Crippen LogP contribution in [0.3, 0.4) is 0 Å². The zero-order chi connectivity index (χ0) is 18.9. The van der Waals surface area contributed by atoms with E-state index in [1.165, 1.54) is 32.1 Å². The molecule has 0 bridgehead atoms. The molecule has 26 heavy (non-hydrogen) atoms. The summed E-state index contributed by atoms with van der Waals surface area (Å²) < 4.78 is 0. The highest BCUT2D eigenvalue weighted by Crippen LogP contribution is 2.05.